The summed E-state index contributed by atoms with van der Waals surface area (Å²) in [5.41, 5.74) is 0.980. The molecule has 0 atom stereocenters. The third-order valence-corrected chi connectivity index (χ3v) is 6.19. The molecule has 2 aromatic rings. The summed E-state index contributed by atoms with van der Waals surface area (Å²) in [5, 5.41) is 3.19. The summed E-state index contributed by atoms with van der Waals surface area (Å²) < 4.78 is 27.5. The summed E-state index contributed by atoms with van der Waals surface area (Å²) in [6, 6.07) is 13.0. The number of amides is 1. The van der Waals surface area contributed by atoms with Crippen LogP contribution in [-0.2, 0) is 14.8 Å². The molecule has 6 nitrogen and oxygen atoms in total. The molecule has 0 aliphatic heterocycles. The van der Waals surface area contributed by atoms with Gasteiger partial charge in [-0.3, -0.25) is 9.10 Å². The van der Waals surface area contributed by atoms with Crippen molar-refractivity contribution in [2.45, 2.75) is 11.8 Å². The Bertz CT molecular complexity index is 886. The molecular weight excluding hydrogens is 386 g/mol. The molecule has 0 heterocycles. The van der Waals surface area contributed by atoms with Gasteiger partial charge in [-0.15, -0.1) is 0 Å². The summed E-state index contributed by atoms with van der Waals surface area (Å²) in [4.78, 5) is 14.5. The highest BCUT2D eigenvalue weighted by Gasteiger charge is 2.28. The summed E-state index contributed by atoms with van der Waals surface area (Å²) in [6.45, 7) is 2.49. The number of nitrogens with zero attached hydrogens (tertiary/aromatic N) is 2. The molecule has 0 aromatic heterocycles. The normalized spacial score (nSPS) is 11.4. The fourth-order valence-electron chi connectivity index (χ4n) is 2.49. The van der Waals surface area contributed by atoms with Crippen LogP contribution in [0.2, 0.25) is 5.02 Å². The molecule has 2 rings (SSSR count). The monoisotopic (exact) mass is 409 g/mol. The Morgan fingerprint density at radius 3 is 2.37 bits per heavy atom. The number of rotatable bonds is 8. The topological polar surface area (TPSA) is 69.7 Å². The van der Waals surface area contributed by atoms with E-state index in [2.05, 4.69) is 5.32 Å². The van der Waals surface area contributed by atoms with E-state index in [9.17, 15) is 13.2 Å². The van der Waals surface area contributed by atoms with Crippen molar-refractivity contribution in [1.82, 2.24) is 10.2 Å². The van der Waals surface area contributed by atoms with Crippen molar-refractivity contribution in [3.8, 4) is 0 Å². The average Bonchev–Trinajstić information content (AvgIpc) is 2.62. The van der Waals surface area contributed by atoms with E-state index in [1.54, 1.807) is 43.3 Å². The minimum Gasteiger partial charge on any atom is -0.353 e. The molecule has 0 saturated heterocycles. The number of carbonyl (C=O) groups is 1. The van der Waals surface area contributed by atoms with Crippen LogP contribution in [0.15, 0.2) is 53.4 Å². The Morgan fingerprint density at radius 2 is 1.74 bits per heavy atom. The minimum atomic E-state index is -3.93. The Balaban J connectivity index is 2.38. The molecule has 0 radical (unpaired) electrons. The van der Waals surface area contributed by atoms with Crippen LogP contribution in [0.25, 0.3) is 0 Å². The maximum absolute atomic E-state index is 13.2. The van der Waals surface area contributed by atoms with Gasteiger partial charge in [0.05, 0.1) is 10.6 Å². The fourth-order valence-corrected chi connectivity index (χ4v) is 4.16. The first-order valence-corrected chi connectivity index (χ1v) is 10.3. The molecule has 0 unspecified atom stereocenters. The van der Waals surface area contributed by atoms with Crippen LogP contribution < -0.4 is 9.62 Å². The van der Waals surface area contributed by atoms with E-state index in [1.807, 2.05) is 19.0 Å². The van der Waals surface area contributed by atoms with Crippen molar-refractivity contribution >= 4 is 33.2 Å². The molecule has 0 aliphatic rings. The van der Waals surface area contributed by atoms with E-state index in [1.165, 1.54) is 12.1 Å². The number of carbonyl (C=O) groups excluding carboxylic acids is 1. The van der Waals surface area contributed by atoms with Gasteiger partial charge in [-0.2, -0.15) is 0 Å². The summed E-state index contributed by atoms with van der Waals surface area (Å²) in [6.07, 6.45) is 0. The quantitative estimate of drug-likeness (QED) is 0.727. The van der Waals surface area contributed by atoms with Gasteiger partial charge in [0.15, 0.2) is 0 Å². The average molecular weight is 410 g/mol. The Labute approximate surface area is 165 Å². The van der Waals surface area contributed by atoms with E-state index < -0.39 is 10.0 Å². The highest BCUT2D eigenvalue weighted by atomic mass is 35.5. The van der Waals surface area contributed by atoms with Gasteiger partial charge in [-0.05, 0) is 50.8 Å². The van der Waals surface area contributed by atoms with Crippen LogP contribution in [0.4, 0.5) is 5.69 Å². The number of nitrogens with one attached hydrogen (secondary N) is 1. The second-order valence-corrected chi connectivity index (χ2v) is 8.63. The summed E-state index contributed by atoms with van der Waals surface area (Å²) >= 11 is 6.18. The summed E-state index contributed by atoms with van der Waals surface area (Å²) in [5.74, 6) is -0.379. The molecule has 146 valence electrons. The number of halogens is 1. The predicted octanol–water partition coefficient (Wildman–Crippen LogP) is 2.52. The smallest absolute Gasteiger partial charge is 0.264 e. The Kier molecular flexibility index (Phi) is 7.24. The van der Waals surface area contributed by atoms with Crippen molar-refractivity contribution < 1.29 is 13.2 Å². The largest absolute Gasteiger partial charge is 0.353 e. The third kappa shape index (κ3) is 5.45. The molecule has 2 aromatic carbocycles. The first-order chi connectivity index (χ1) is 12.7. The molecule has 0 spiro atoms. The van der Waals surface area contributed by atoms with Crippen molar-refractivity contribution in [2.75, 3.05) is 38.0 Å². The van der Waals surface area contributed by atoms with Crippen LogP contribution in [0.1, 0.15) is 5.56 Å². The number of hydrogen-bond donors (Lipinski definition) is 1. The maximum atomic E-state index is 13.2. The molecule has 0 aliphatic carbocycles. The molecule has 0 fully saturated rings. The highest BCUT2D eigenvalue weighted by molar-refractivity contribution is 7.92. The van der Waals surface area contributed by atoms with Gasteiger partial charge in [-0.1, -0.05) is 35.9 Å². The number of benzene rings is 2. The molecule has 0 saturated carbocycles. The van der Waals surface area contributed by atoms with E-state index in [-0.39, 0.29) is 17.3 Å². The molecule has 1 amide bonds. The molecule has 8 heteroatoms. The van der Waals surface area contributed by atoms with Crippen LogP contribution in [-0.4, -0.2) is 53.0 Å². The minimum absolute atomic E-state index is 0.116. The van der Waals surface area contributed by atoms with Crippen LogP contribution in [0.5, 0.6) is 0 Å². The first kappa shape index (κ1) is 21.2. The number of anilines is 1. The van der Waals surface area contributed by atoms with E-state index in [0.29, 0.717) is 29.4 Å². The molecule has 0 bridgehead atoms. The zero-order valence-corrected chi connectivity index (χ0v) is 17.2. The lowest BCUT2D eigenvalue weighted by Gasteiger charge is -2.26. The maximum Gasteiger partial charge on any atom is 0.264 e. The standard InChI is InChI=1S/C19H24ClN3O3S/c1-15-17(20)10-7-11-18(15)23(14-19(24)21-12-13-22(2)3)27(25,26)16-8-5-4-6-9-16/h4-11H,12-14H2,1-3H3,(H,21,24). The second kappa shape index (κ2) is 9.21. The van der Waals surface area contributed by atoms with Crippen LogP contribution >= 0.6 is 11.6 Å². The van der Waals surface area contributed by atoms with Crippen molar-refractivity contribution in [3.63, 3.8) is 0 Å². The summed E-state index contributed by atoms with van der Waals surface area (Å²) in [7, 11) is -0.133. The highest BCUT2D eigenvalue weighted by Crippen LogP contribution is 2.30. The molecule has 27 heavy (non-hydrogen) atoms. The first-order valence-electron chi connectivity index (χ1n) is 8.48. The van der Waals surface area contributed by atoms with Gasteiger partial charge < -0.3 is 10.2 Å². The fraction of sp³-hybridized carbons (Fsp3) is 0.316. The number of sulfonamides is 1. The van der Waals surface area contributed by atoms with E-state index in [0.717, 1.165) is 4.31 Å². The number of likely N-dealkylation sites (N-methyl/N-ethyl adjacent to an activating group) is 1. The van der Waals surface area contributed by atoms with Gasteiger partial charge in [0.25, 0.3) is 10.0 Å². The van der Waals surface area contributed by atoms with E-state index in [4.69, 9.17) is 11.6 Å². The lowest BCUT2D eigenvalue weighted by Crippen LogP contribution is -2.42. The lowest BCUT2D eigenvalue weighted by atomic mass is 10.2. The Hall–Kier alpha value is -2.09. The van der Waals surface area contributed by atoms with Crippen molar-refractivity contribution in [2.24, 2.45) is 0 Å². The van der Waals surface area contributed by atoms with Gasteiger partial charge in [0, 0.05) is 18.1 Å². The zero-order valence-electron chi connectivity index (χ0n) is 15.6. The van der Waals surface area contributed by atoms with E-state index >= 15 is 0 Å². The molecular formula is C19H24ClN3O3S. The third-order valence-electron chi connectivity index (χ3n) is 4.01. The van der Waals surface area contributed by atoms with Gasteiger partial charge in [0.2, 0.25) is 5.91 Å². The number of hydrogen-bond acceptors (Lipinski definition) is 4. The van der Waals surface area contributed by atoms with Crippen molar-refractivity contribution in [3.05, 3.63) is 59.1 Å². The second-order valence-electron chi connectivity index (χ2n) is 6.36. The SMILES string of the molecule is Cc1c(Cl)cccc1N(CC(=O)NCCN(C)C)S(=O)(=O)c1ccccc1. The molecule has 1 N–H and O–H groups in total. The zero-order chi connectivity index (χ0) is 20.0. The van der Waals surface area contributed by atoms with Crippen LogP contribution in [0.3, 0.4) is 0 Å². The van der Waals surface area contributed by atoms with Gasteiger partial charge >= 0.3 is 0 Å². The van der Waals surface area contributed by atoms with Crippen molar-refractivity contribution in [1.29, 1.82) is 0 Å². The lowest BCUT2D eigenvalue weighted by molar-refractivity contribution is -0.119. The Morgan fingerprint density at radius 1 is 1.07 bits per heavy atom. The van der Waals surface area contributed by atoms with Gasteiger partial charge in [-0.25, -0.2) is 8.42 Å². The van der Waals surface area contributed by atoms with Crippen LogP contribution in [0, 0.1) is 6.92 Å². The van der Waals surface area contributed by atoms with Gasteiger partial charge in [0.1, 0.15) is 6.54 Å². The predicted molar refractivity (Wildman–Crippen MR) is 109 cm³/mol.